The third kappa shape index (κ3) is 5.08. The summed E-state index contributed by atoms with van der Waals surface area (Å²) in [6.45, 7) is 3.52. The summed E-state index contributed by atoms with van der Waals surface area (Å²) in [6.07, 6.45) is -3.78. The molecule has 0 bridgehead atoms. The number of carboxylic acids is 1. The van der Waals surface area contributed by atoms with Crippen LogP contribution < -0.4 is 4.74 Å². The van der Waals surface area contributed by atoms with Gasteiger partial charge in [0.05, 0.1) is 10.6 Å². The predicted molar refractivity (Wildman–Crippen MR) is 95.3 cm³/mol. The van der Waals surface area contributed by atoms with Crippen molar-refractivity contribution >= 4 is 29.3 Å². The van der Waals surface area contributed by atoms with Crippen molar-refractivity contribution in [2.24, 2.45) is 0 Å². The van der Waals surface area contributed by atoms with Gasteiger partial charge in [-0.25, -0.2) is 0 Å². The van der Waals surface area contributed by atoms with Crippen LogP contribution in [0.2, 0.25) is 5.02 Å². The topological polar surface area (TPSA) is 46.5 Å². The number of aryl methyl sites for hydroxylation is 1. The second-order valence-corrected chi connectivity index (χ2v) is 7.26. The summed E-state index contributed by atoms with van der Waals surface area (Å²) >= 11 is 7.08. The molecule has 0 aliphatic heterocycles. The number of hydrogen-bond donors (Lipinski definition) is 1. The van der Waals surface area contributed by atoms with Gasteiger partial charge in [-0.2, -0.15) is 13.2 Å². The maximum Gasteiger partial charge on any atom is 0.416 e. The van der Waals surface area contributed by atoms with E-state index in [2.05, 4.69) is 0 Å². The minimum atomic E-state index is -4.48. The van der Waals surface area contributed by atoms with Gasteiger partial charge in [0.25, 0.3) is 0 Å². The number of ether oxygens (including phenoxy) is 1. The second-order valence-electron chi connectivity index (χ2n) is 5.47. The summed E-state index contributed by atoms with van der Waals surface area (Å²) in [4.78, 5) is 11.8. The third-order valence-corrected chi connectivity index (χ3v) is 5.04. The smallest absolute Gasteiger partial charge is 0.416 e. The maximum absolute atomic E-state index is 12.7. The van der Waals surface area contributed by atoms with Crippen LogP contribution in [0.25, 0.3) is 0 Å². The van der Waals surface area contributed by atoms with E-state index in [1.54, 1.807) is 25.1 Å². The first kappa shape index (κ1) is 20.5. The van der Waals surface area contributed by atoms with Crippen LogP contribution in [0, 0.1) is 0 Å². The van der Waals surface area contributed by atoms with Gasteiger partial charge >= 0.3 is 12.1 Å². The average Bonchev–Trinajstić information content (AvgIpc) is 2.56. The van der Waals surface area contributed by atoms with Crippen molar-refractivity contribution < 1.29 is 27.8 Å². The molecule has 0 radical (unpaired) electrons. The summed E-state index contributed by atoms with van der Waals surface area (Å²) in [6, 6.07) is 7.98. The van der Waals surface area contributed by atoms with Gasteiger partial charge in [-0.1, -0.05) is 24.6 Å². The standard InChI is InChI=1S/C18H16ClF3O3S/c1-3-11-4-6-13(9-16(11)26-10(2)17(23)24)25-15-7-5-12(8-14(15)19)18(20,21)22/h4-10H,3H2,1-2H3,(H,23,24). The summed E-state index contributed by atoms with van der Waals surface area (Å²) in [5, 5.41) is 8.27. The molecule has 3 nitrogen and oxygen atoms in total. The lowest BCUT2D eigenvalue weighted by Gasteiger charge is -2.14. The van der Waals surface area contributed by atoms with Gasteiger partial charge in [0, 0.05) is 4.90 Å². The maximum atomic E-state index is 12.7. The van der Waals surface area contributed by atoms with Crippen LogP contribution in [0.15, 0.2) is 41.3 Å². The fourth-order valence-electron chi connectivity index (χ4n) is 2.13. The van der Waals surface area contributed by atoms with Crippen LogP contribution in [-0.2, 0) is 17.4 Å². The predicted octanol–water partition coefficient (Wildman–Crippen LogP) is 6.28. The molecule has 0 spiro atoms. The van der Waals surface area contributed by atoms with Crippen LogP contribution >= 0.6 is 23.4 Å². The number of carboxylic acid groups (broad SMARTS) is 1. The van der Waals surface area contributed by atoms with Gasteiger partial charge in [0.2, 0.25) is 0 Å². The third-order valence-electron chi connectivity index (χ3n) is 3.56. The number of carbonyl (C=O) groups is 1. The number of benzene rings is 2. The molecule has 0 heterocycles. The Bertz CT molecular complexity index is 809. The number of thioether (sulfide) groups is 1. The van der Waals surface area contributed by atoms with Crippen molar-refractivity contribution in [3.8, 4) is 11.5 Å². The molecule has 1 unspecified atom stereocenters. The Morgan fingerprint density at radius 3 is 2.50 bits per heavy atom. The quantitative estimate of drug-likeness (QED) is 0.575. The molecule has 1 atom stereocenters. The number of rotatable bonds is 6. The molecule has 0 amide bonds. The van der Waals surface area contributed by atoms with E-state index in [0.29, 0.717) is 12.2 Å². The summed E-state index contributed by atoms with van der Waals surface area (Å²) < 4.78 is 43.7. The van der Waals surface area contributed by atoms with E-state index in [0.717, 1.165) is 28.7 Å². The molecule has 2 aromatic carbocycles. The lowest BCUT2D eigenvalue weighted by molar-refractivity contribution is -0.138. The van der Waals surface area contributed by atoms with Gasteiger partial charge < -0.3 is 9.84 Å². The highest BCUT2D eigenvalue weighted by Crippen LogP contribution is 2.38. The lowest BCUT2D eigenvalue weighted by Crippen LogP contribution is -2.11. The van der Waals surface area contributed by atoms with E-state index in [9.17, 15) is 18.0 Å². The van der Waals surface area contributed by atoms with E-state index in [4.69, 9.17) is 21.4 Å². The Kier molecular flexibility index (Phi) is 6.47. The van der Waals surface area contributed by atoms with Gasteiger partial charge in [0.1, 0.15) is 16.7 Å². The first-order chi connectivity index (χ1) is 12.1. The Balaban J connectivity index is 2.28. The Labute approximate surface area is 158 Å². The average molecular weight is 405 g/mol. The molecule has 0 fully saturated rings. The number of aliphatic carboxylic acids is 1. The van der Waals surface area contributed by atoms with Crippen LogP contribution in [0.5, 0.6) is 11.5 Å². The van der Waals surface area contributed by atoms with E-state index >= 15 is 0 Å². The van der Waals surface area contributed by atoms with Crippen LogP contribution in [-0.4, -0.2) is 16.3 Å². The number of alkyl halides is 3. The van der Waals surface area contributed by atoms with Gasteiger partial charge in [0.15, 0.2) is 0 Å². The second kappa shape index (κ2) is 8.22. The normalized spacial score (nSPS) is 12.7. The minimum Gasteiger partial charge on any atom is -0.480 e. The zero-order valence-electron chi connectivity index (χ0n) is 13.9. The Morgan fingerprint density at radius 2 is 1.96 bits per heavy atom. The first-order valence-electron chi connectivity index (χ1n) is 7.68. The van der Waals surface area contributed by atoms with E-state index < -0.39 is 23.0 Å². The molecule has 2 rings (SSSR count). The molecule has 2 aromatic rings. The fourth-order valence-corrected chi connectivity index (χ4v) is 3.38. The van der Waals surface area contributed by atoms with Crippen LogP contribution in [0.1, 0.15) is 25.0 Å². The molecule has 8 heteroatoms. The van der Waals surface area contributed by atoms with Crippen molar-refractivity contribution in [3.63, 3.8) is 0 Å². The summed E-state index contributed by atoms with van der Waals surface area (Å²) in [5.41, 5.74) is 0.0941. The number of halogens is 4. The SMILES string of the molecule is CCc1ccc(Oc2ccc(C(F)(F)F)cc2Cl)cc1SC(C)C(=O)O. The highest BCUT2D eigenvalue weighted by molar-refractivity contribution is 8.00. The highest BCUT2D eigenvalue weighted by Gasteiger charge is 2.31. The summed E-state index contributed by atoms with van der Waals surface area (Å²) in [7, 11) is 0. The first-order valence-corrected chi connectivity index (χ1v) is 8.94. The molecule has 0 saturated carbocycles. The van der Waals surface area contributed by atoms with E-state index in [-0.39, 0.29) is 10.8 Å². The largest absolute Gasteiger partial charge is 0.480 e. The molecule has 0 saturated heterocycles. The molecular formula is C18H16ClF3O3S. The monoisotopic (exact) mass is 404 g/mol. The van der Waals surface area contributed by atoms with Gasteiger partial charge in [-0.15, -0.1) is 11.8 Å². The molecular weight excluding hydrogens is 389 g/mol. The van der Waals surface area contributed by atoms with E-state index in [1.807, 2.05) is 6.92 Å². The highest BCUT2D eigenvalue weighted by atomic mass is 35.5. The zero-order chi connectivity index (χ0) is 19.5. The summed E-state index contributed by atoms with van der Waals surface area (Å²) in [5.74, 6) is -0.482. The van der Waals surface area contributed by atoms with Crippen molar-refractivity contribution in [1.29, 1.82) is 0 Å². The number of hydrogen-bond acceptors (Lipinski definition) is 3. The van der Waals surface area contributed by atoms with Crippen molar-refractivity contribution in [2.45, 2.75) is 36.6 Å². The molecule has 0 aromatic heterocycles. The van der Waals surface area contributed by atoms with E-state index in [1.165, 1.54) is 11.8 Å². The Morgan fingerprint density at radius 1 is 1.27 bits per heavy atom. The van der Waals surface area contributed by atoms with Crippen molar-refractivity contribution in [3.05, 3.63) is 52.5 Å². The molecule has 0 aliphatic carbocycles. The Hall–Kier alpha value is -1.86. The van der Waals surface area contributed by atoms with Crippen molar-refractivity contribution in [1.82, 2.24) is 0 Å². The van der Waals surface area contributed by atoms with Gasteiger partial charge in [-0.3, -0.25) is 4.79 Å². The fraction of sp³-hybridized carbons (Fsp3) is 0.278. The van der Waals surface area contributed by atoms with Gasteiger partial charge in [-0.05, 0) is 49.2 Å². The van der Waals surface area contributed by atoms with Crippen molar-refractivity contribution in [2.75, 3.05) is 0 Å². The zero-order valence-corrected chi connectivity index (χ0v) is 15.5. The minimum absolute atomic E-state index is 0.0890. The molecule has 0 aliphatic rings. The molecule has 140 valence electrons. The van der Waals surface area contributed by atoms with Crippen LogP contribution in [0.4, 0.5) is 13.2 Å². The molecule has 1 N–H and O–H groups in total. The molecule has 26 heavy (non-hydrogen) atoms. The lowest BCUT2D eigenvalue weighted by atomic mass is 10.1. The van der Waals surface area contributed by atoms with Crippen LogP contribution in [0.3, 0.4) is 0 Å².